The minimum absolute atomic E-state index is 0.403. The molecule has 3 aliphatic heterocycles. The lowest BCUT2D eigenvalue weighted by Gasteiger charge is -2.31. The van der Waals surface area contributed by atoms with Crippen molar-refractivity contribution in [2.75, 3.05) is 39.3 Å². The Morgan fingerprint density at radius 2 is 2.00 bits per heavy atom. The van der Waals surface area contributed by atoms with Gasteiger partial charge in [-0.15, -0.1) is 0 Å². The second kappa shape index (κ2) is 4.87. The second-order valence-electron chi connectivity index (χ2n) is 6.51. The van der Waals surface area contributed by atoms with Gasteiger partial charge in [0, 0.05) is 24.7 Å². The molecule has 0 aromatic carbocycles. The highest BCUT2D eigenvalue weighted by molar-refractivity contribution is 4.94. The topological polar surface area (TPSA) is 18.5 Å². The van der Waals surface area contributed by atoms with E-state index >= 15 is 0 Å². The Bertz CT molecular complexity index is 254. The van der Waals surface area contributed by atoms with Gasteiger partial charge in [-0.25, -0.2) is 0 Å². The van der Waals surface area contributed by atoms with E-state index in [1.165, 1.54) is 71.4 Å². The van der Waals surface area contributed by atoms with Gasteiger partial charge in [-0.2, -0.15) is 0 Å². The Kier molecular flexibility index (Phi) is 3.42. The third-order valence-electron chi connectivity index (χ3n) is 4.93. The van der Waals surface area contributed by atoms with Gasteiger partial charge in [-0.1, -0.05) is 0 Å². The predicted molar refractivity (Wildman–Crippen MR) is 71.3 cm³/mol. The summed E-state index contributed by atoms with van der Waals surface area (Å²) in [4.78, 5) is 5.42. The Balaban J connectivity index is 1.50. The molecular formula is C14H27N3. The summed E-state index contributed by atoms with van der Waals surface area (Å²) in [5, 5.41) is 3.69. The highest BCUT2D eigenvalue weighted by Gasteiger charge is 2.35. The monoisotopic (exact) mass is 237 g/mol. The van der Waals surface area contributed by atoms with Crippen LogP contribution in [0.1, 0.15) is 39.0 Å². The first kappa shape index (κ1) is 11.9. The van der Waals surface area contributed by atoms with Crippen molar-refractivity contribution in [2.24, 2.45) is 0 Å². The fraction of sp³-hybridized carbons (Fsp3) is 1.00. The molecule has 0 aromatic heterocycles. The number of nitrogens with zero attached hydrogens (tertiary/aromatic N) is 2. The SMILES string of the molecule is CC1(CN2CCC(N3CCCC3)C2)CCCN1. The fourth-order valence-corrected chi connectivity index (χ4v) is 3.95. The van der Waals surface area contributed by atoms with E-state index in [1.54, 1.807) is 0 Å². The number of rotatable bonds is 3. The number of hydrogen-bond donors (Lipinski definition) is 1. The molecule has 3 fully saturated rings. The van der Waals surface area contributed by atoms with Gasteiger partial charge < -0.3 is 5.32 Å². The molecule has 3 nitrogen and oxygen atoms in total. The number of nitrogens with one attached hydrogen (secondary N) is 1. The summed E-state index contributed by atoms with van der Waals surface area (Å²) >= 11 is 0. The van der Waals surface area contributed by atoms with Gasteiger partial charge >= 0.3 is 0 Å². The molecule has 2 atom stereocenters. The quantitative estimate of drug-likeness (QED) is 0.798. The van der Waals surface area contributed by atoms with E-state index in [1.807, 2.05) is 0 Å². The molecule has 98 valence electrons. The third-order valence-corrected chi connectivity index (χ3v) is 4.93. The largest absolute Gasteiger partial charge is 0.310 e. The van der Waals surface area contributed by atoms with Crippen LogP contribution in [0.15, 0.2) is 0 Å². The Hall–Kier alpha value is -0.120. The van der Waals surface area contributed by atoms with Gasteiger partial charge in [0.15, 0.2) is 0 Å². The van der Waals surface area contributed by atoms with Gasteiger partial charge in [-0.3, -0.25) is 9.80 Å². The van der Waals surface area contributed by atoms with Gasteiger partial charge in [0.2, 0.25) is 0 Å². The predicted octanol–water partition coefficient (Wildman–Crippen LogP) is 1.30. The van der Waals surface area contributed by atoms with E-state index in [0.29, 0.717) is 5.54 Å². The molecule has 0 bridgehead atoms. The van der Waals surface area contributed by atoms with Crippen LogP contribution in [0.4, 0.5) is 0 Å². The molecule has 3 saturated heterocycles. The van der Waals surface area contributed by atoms with Gasteiger partial charge in [0.25, 0.3) is 0 Å². The zero-order chi connectivity index (χ0) is 11.7. The van der Waals surface area contributed by atoms with Gasteiger partial charge in [0.1, 0.15) is 0 Å². The molecular weight excluding hydrogens is 210 g/mol. The molecule has 3 heterocycles. The smallest absolute Gasteiger partial charge is 0.0280 e. The maximum Gasteiger partial charge on any atom is 0.0280 e. The summed E-state index contributed by atoms with van der Waals surface area (Å²) in [5.74, 6) is 0. The third kappa shape index (κ3) is 2.67. The molecule has 0 amide bonds. The highest BCUT2D eigenvalue weighted by Crippen LogP contribution is 2.25. The summed E-state index contributed by atoms with van der Waals surface area (Å²) < 4.78 is 0. The first-order chi connectivity index (χ1) is 8.25. The zero-order valence-corrected chi connectivity index (χ0v) is 11.2. The number of hydrogen-bond acceptors (Lipinski definition) is 3. The molecule has 0 spiro atoms. The lowest BCUT2D eigenvalue weighted by Crippen LogP contribution is -2.47. The highest BCUT2D eigenvalue weighted by atomic mass is 15.3. The molecule has 0 aromatic rings. The van der Waals surface area contributed by atoms with Crippen molar-refractivity contribution in [3.8, 4) is 0 Å². The van der Waals surface area contributed by atoms with E-state index < -0.39 is 0 Å². The zero-order valence-electron chi connectivity index (χ0n) is 11.2. The summed E-state index contributed by atoms with van der Waals surface area (Å²) in [6, 6.07) is 0.863. The maximum atomic E-state index is 3.69. The molecule has 2 unspecified atom stereocenters. The Morgan fingerprint density at radius 1 is 1.18 bits per heavy atom. The molecule has 0 aliphatic carbocycles. The Morgan fingerprint density at radius 3 is 2.71 bits per heavy atom. The van der Waals surface area contributed by atoms with Crippen molar-refractivity contribution in [1.29, 1.82) is 0 Å². The van der Waals surface area contributed by atoms with Crippen LogP contribution in [0.3, 0.4) is 0 Å². The average Bonchev–Trinajstić information content (AvgIpc) is 2.98. The van der Waals surface area contributed by atoms with Crippen LogP contribution in [0.2, 0.25) is 0 Å². The summed E-state index contributed by atoms with van der Waals surface area (Å²) in [6.45, 7) is 10.2. The van der Waals surface area contributed by atoms with Crippen LogP contribution >= 0.6 is 0 Å². The van der Waals surface area contributed by atoms with Crippen molar-refractivity contribution in [1.82, 2.24) is 15.1 Å². The first-order valence-electron chi connectivity index (χ1n) is 7.47. The minimum atomic E-state index is 0.403. The van der Waals surface area contributed by atoms with Gasteiger partial charge in [-0.05, 0) is 65.2 Å². The average molecular weight is 237 g/mol. The first-order valence-corrected chi connectivity index (χ1v) is 7.47. The van der Waals surface area contributed by atoms with Crippen LogP contribution in [-0.4, -0.2) is 60.6 Å². The van der Waals surface area contributed by atoms with Crippen molar-refractivity contribution >= 4 is 0 Å². The van der Waals surface area contributed by atoms with Crippen LogP contribution in [-0.2, 0) is 0 Å². The molecule has 3 rings (SSSR count). The maximum absolute atomic E-state index is 3.69. The molecule has 17 heavy (non-hydrogen) atoms. The van der Waals surface area contributed by atoms with E-state index in [4.69, 9.17) is 0 Å². The molecule has 3 heteroatoms. The fourth-order valence-electron chi connectivity index (χ4n) is 3.95. The Labute approximate surface area is 106 Å². The van der Waals surface area contributed by atoms with Crippen LogP contribution in [0.5, 0.6) is 0 Å². The molecule has 0 saturated carbocycles. The summed E-state index contributed by atoms with van der Waals surface area (Å²) in [7, 11) is 0. The van der Waals surface area contributed by atoms with E-state index in [0.717, 1.165) is 6.04 Å². The minimum Gasteiger partial charge on any atom is -0.310 e. The molecule has 1 N–H and O–H groups in total. The lowest BCUT2D eigenvalue weighted by molar-refractivity contribution is 0.204. The van der Waals surface area contributed by atoms with E-state index in [-0.39, 0.29) is 0 Å². The van der Waals surface area contributed by atoms with Crippen LogP contribution in [0.25, 0.3) is 0 Å². The molecule has 0 radical (unpaired) electrons. The van der Waals surface area contributed by atoms with Crippen molar-refractivity contribution in [2.45, 2.75) is 50.6 Å². The van der Waals surface area contributed by atoms with Crippen LogP contribution < -0.4 is 5.32 Å². The number of likely N-dealkylation sites (tertiary alicyclic amines) is 2. The van der Waals surface area contributed by atoms with E-state index in [2.05, 4.69) is 22.0 Å². The summed E-state index contributed by atoms with van der Waals surface area (Å²) in [6.07, 6.45) is 6.97. The van der Waals surface area contributed by atoms with Crippen LogP contribution in [0, 0.1) is 0 Å². The van der Waals surface area contributed by atoms with Gasteiger partial charge in [0.05, 0.1) is 0 Å². The van der Waals surface area contributed by atoms with Crippen molar-refractivity contribution in [3.05, 3.63) is 0 Å². The van der Waals surface area contributed by atoms with Crippen molar-refractivity contribution < 1.29 is 0 Å². The van der Waals surface area contributed by atoms with E-state index in [9.17, 15) is 0 Å². The standard InChI is InChI=1S/C14H27N3/c1-14(6-4-7-15-14)12-16-10-5-13(11-16)17-8-2-3-9-17/h13,15H,2-12H2,1H3. The summed E-state index contributed by atoms with van der Waals surface area (Å²) in [5.41, 5.74) is 0.403. The normalized spacial score (nSPS) is 40.4. The molecule has 3 aliphatic rings. The second-order valence-corrected chi connectivity index (χ2v) is 6.51. The lowest BCUT2D eigenvalue weighted by atomic mass is 10.00. The van der Waals surface area contributed by atoms with Crippen molar-refractivity contribution in [3.63, 3.8) is 0 Å².